The first-order chi connectivity index (χ1) is 25.5. The predicted octanol–water partition coefficient (Wildman–Crippen LogP) is 9.73. The molecule has 0 aliphatic carbocycles. The Morgan fingerprint density at radius 2 is 1.52 bits per heavy atom. The summed E-state index contributed by atoms with van der Waals surface area (Å²) in [6.45, 7) is 9.36. The lowest BCUT2D eigenvalue weighted by Crippen LogP contribution is -2.32. The lowest BCUT2D eigenvalue weighted by atomic mass is 9.79. The molecule has 4 aromatic heterocycles. The molecule has 1 aromatic carbocycles. The Morgan fingerprint density at radius 1 is 0.769 bits per heavy atom. The maximum atomic E-state index is 12.4. The number of pyridine rings is 3. The van der Waals surface area contributed by atoms with E-state index in [0.717, 1.165) is 101 Å². The van der Waals surface area contributed by atoms with Crippen LogP contribution in [0.25, 0.3) is 11.5 Å². The van der Waals surface area contributed by atoms with Crippen molar-refractivity contribution in [1.82, 2.24) is 24.8 Å². The molecule has 0 aliphatic heterocycles. The van der Waals surface area contributed by atoms with Crippen LogP contribution < -0.4 is 9.88 Å². The monoisotopic (exact) mass is 699 g/mol. The lowest BCUT2D eigenvalue weighted by molar-refractivity contribution is -0.697. The number of imidazole rings is 1. The van der Waals surface area contributed by atoms with E-state index in [-0.39, 0.29) is 5.91 Å². The molecule has 0 saturated heterocycles. The number of hydrogen-bond acceptors (Lipinski definition) is 4. The van der Waals surface area contributed by atoms with Crippen molar-refractivity contribution in [2.45, 2.75) is 122 Å². The molecule has 7 heteroatoms. The fraction of sp³-hybridized carbons (Fsp3) is 0.444. The van der Waals surface area contributed by atoms with Crippen molar-refractivity contribution in [3.05, 3.63) is 132 Å². The molecule has 0 saturated carbocycles. The van der Waals surface area contributed by atoms with Crippen LogP contribution in [0.15, 0.2) is 110 Å². The molecular weight excluding hydrogens is 641 g/mol. The zero-order valence-corrected chi connectivity index (χ0v) is 31.7. The van der Waals surface area contributed by atoms with Crippen molar-refractivity contribution in [3.63, 3.8) is 0 Å². The number of nitrogens with one attached hydrogen (secondary N) is 1. The molecular formula is C45H59N6O+. The van der Waals surface area contributed by atoms with Gasteiger partial charge >= 0.3 is 0 Å². The van der Waals surface area contributed by atoms with Crippen LogP contribution in [0.2, 0.25) is 0 Å². The van der Waals surface area contributed by atoms with Gasteiger partial charge in [-0.3, -0.25) is 9.78 Å². The summed E-state index contributed by atoms with van der Waals surface area (Å²) in [5.41, 5.74) is 6.14. The van der Waals surface area contributed by atoms with Gasteiger partial charge in [0.25, 0.3) is 0 Å². The van der Waals surface area contributed by atoms with Gasteiger partial charge in [0, 0.05) is 68.5 Å². The Labute approximate surface area is 312 Å². The van der Waals surface area contributed by atoms with Crippen LogP contribution in [0.5, 0.6) is 0 Å². The second-order valence-corrected chi connectivity index (χ2v) is 14.4. The zero-order valence-electron chi connectivity index (χ0n) is 31.7. The third-order valence-corrected chi connectivity index (χ3v) is 10.4. The summed E-state index contributed by atoms with van der Waals surface area (Å²) in [6, 6.07) is 26.0. The highest BCUT2D eigenvalue weighted by Gasteiger charge is 2.22. The van der Waals surface area contributed by atoms with Gasteiger partial charge in [0.15, 0.2) is 18.2 Å². The van der Waals surface area contributed by atoms with Crippen LogP contribution >= 0.6 is 0 Å². The highest BCUT2D eigenvalue weighted by molar-refractivity contribution is 5.75. The predicted molar refractivity (Wildman–Crippen MR) is 211 cm³/mol. The Bertz CT molecular complexity index is 1740. The van der Waals surface area contributed by atoms with Gasteiger partial charge in [-0.05, 0) is 111 Å². The largest absolute Gasteiger partial charge is 0.356 e. The van der Waals surface area contributed by atoms with Gasteiger partial charge in [-0.1, -0.05) is 63.1 Å². The number of benzene rings is 1. The SMILES string of the molecule is CCC(CC(CC(C)c1cc[n+](CCCCCC(=O)NCCCCCCn2ccnc2-c2cccc(C)n2)cc1)c1ccncc1)c1ccccc1. The summed E-state index contributed by atoms with van der Waals surface area (Å²) in [5, 5.41) is 3.12. The highest BCUT2D eigenvalue weighted by Crippen LogP contribution is 2.38. The van der Waals surface area contributed by atoms with Crippen molar-refractivity contribution >= 4 is 5.91 Å². The lowest BCUT2D eigenvalue weighted by Gasteiger charge is -2.26. The maximum Gasteiger partial charge on any atom is 0.219 e. The van der Waals surface area contributed by atoms with Gasteiger partial charge in [0.1, 0.15) is 12.2 Å². The topological polar surface area (TPSA) is 76.6 Å². The Morgan fingerprint density at radius 3 is 2.29 bits per heavy atom. The molecule has 5 rings (SSSR count). The number of nitrogens with zero attached hydrogens (tertiary/aromatic N) is 5. The summed E-state index contributed by atoms with van der Waals surface area (Å²) >= 11 is 0. The van der Waals surface area contributed by atoms with Gasteiger partial charge in [0.05, 0.1) is 0 Å². The molecule has 3 unspecified atom stereocenters. The number of hydrogen-bond donors (Lipinski definition) is 1. The highest BCUT2D eigenvalue weighted by atomic mass is 16.1. The molecule has 52 heavy (non-hydrogen) atoms. The van der Waals surface area contributed by atoms with Crippen LogP contribution in [-0.4, -0.2) is 32.0 Å². The van der Waals surface area contributed by atoms with Gasteiger partial charge in [0.2, 0.25) is 5.91 Å². The average Bonchev–Trinajstić information content (AvgIpc) is 3.65. The molecule has 0 spiro atoms. The molecule has 0 aliphatic rings. The number of unbranched alkanes of at least 4 members (excludes halogenated alkanes) is 5. The van der Waals surface area contributed by atoms with Crippen molar-refractivity contribution in [1.29, 1.82) is 0 Å². The van der Waals surface area contributed by atoms with Gasteiger partial charge in [-0.2, -0.15) is 0 Å². The van der Waals surface area contributed by atoms with Crippen LogP contribution in [-0.2, 0) is 17.9 Å². The minimum absolute atomic E-state index is 0.179. The second-order valence-electron chi connectivity index (χ2n) is 14.4. The molecule has 274 valence electrons. The summed E-state index contributed by atoms with van der Waals surface area (Å²) in [6.07, 6.45) is 23.6. The van der Waals surface area contributed by atoms with E-state index in [1.54, 1.807) is 0 Å². The van der Waals surface area contributed by atoms with Crippen molar-refractivity contribution in [3.8, 4) is 11.5 Å². The van der Waals surface area contributed by atoms with Crippen LogP contribution in [0.1, 0.15) is 125 Å². The van der Waals surface area contributed by atoms with E-state index in [0.29, 0.717) is 24.2 Å². The molecule has 0 radical (unpaired) electrons. The van der Waals surface area contributed by atoms with Crippen molar-refractivity contribution < 1.29 is 9.36 Å². The number of rotatable bonds is 22. The number of carbonyl (C=O) groups excluding carboxylic acids is 1. The summed E-state index contributed by atoms with van der Waals surface area (Å²) < 4.78 is 4.47. The van der Waals surface area contributed by atoms with Crippen LogP contribution in [0, 0.1) is 6.92 Å². The number of amides is 1. The molecule has 0 bridgehead atoms. The van der Waals surface area contributed by atoms with Crippen LogP contribution in [0.4, 0.5) is 0 Å². The van der Waals surface area contributed by atoms with E-state index in [2.05, 4.69) is 110 Å². The van der Waals surface area contributed by atoms with Gasteiger partial charge in [-0.25, -0.2) is 14.5 Å². The standard InChI is InChI=1S/C45H58N6O/c1-4-38(40-17-9-7-10-18-40)35-42(41-21-26-46-27-22-41)34-36(2)39-23-31-50(32-24-39)29-13-8-11-20-44(52)47-25-12-5-6-14-30-51-33-28-48-45(51)43-19-15-16-37(3)49-43/h7,9-10,15-19,21-24,26-28,31-33,36,38,42H,4-6,8,11-14,20,25,29-30,34-35H2,1-3H3/p+1. The molecule has 3 atom stereocenters. The molecule has 0 fully saturated rings. The van der Waals surface area contributed by atoms with E-state index in [1.807, 2.05) is 49.9 Å². The third-order valence-electron chi connectivity index (χ3n) is 10.4. The number of aryl methyl sites for hydroxylation is 3. The van der Waals surface area contributed by atoms with Crippen LogP contribution in [0.3, 0.4) is 0 Å². The Kier molecular flexibility index (Phi) is 15.6. The van der Waals surface area contributed by atoms with E-state index >= 15 is 0 Å². The molecule has 4 heterocycles. The minimum Gasteiger partial charge on any atom is -0.356 e. The Balaban J connectivity index is 0.944. The van der Waals surface area contributed by atoms with Crippen molar-refractivity contribution in [2.75, 3.05) is 6.54 Å². The fourth-order valence-corrected chi connectivity index (χ4v) is 7.34. The molecule has 1 N–H and O–H groups in total. The smallest absolute Gasteiger partial charge is 0.219 e. The molecule has 5 aromatic rings. The van der Waals surface area contributed by atoms with Gasteiger partial charge in [-0.15, -0.1) is 0 Å². The summed E-state index contributed by atoms with van der Waals surface area (Å²) in [7, 11) is 0. The first kappa shape index (κ1) is 38.6. The van der Waals surface area contributed by atoms with E-state index in [1.165, 1.54) is 16.7 Å². The fourth-order valence-electron chi connectivity index (χ4n) is 7.34. The normalized spacial score (nSPS) is 13.1. The maximum absolute atomic E-state index is 12.4. The summed E-state index contributed by atoms with van der Waals surface area (Å²) in [5.74, 6) is 2.58. The van der Waals surface area contributed by atoms with E-state index < -0.39 is 0 Å². The third kappa shape index (κ3) is 12.2. The average molecular weight is 700 g/mol. The first-order valence-electron chi connectivity index (χ1n) is 19.7. The minimum atomic E-state index is 0.179. The molecule has 1 amide bonds. The molecule has 7 nitrogen and oxygen atoms in total. The second kappa shape index (κ2) is 21.0. The van der Waals surface area contributed by atoms with Crippen molar-refractivity contribution in [2.24, 2.45) is 0 Å². The number of carbonyl (C=O) groups is 1. The first-order valence-corrected chi connectivity index (χ1v) is 19.7. The zero-order chi connectivity index (χ0) is 36.4. The van der Waals surface area contributed by atoms with Gasteiger partial charge < -0.3 is 9.88 Å². The van der Waals surface area contributed by atoms with E-state index in [9.17, 15) is 4.79 Å². The summed E-state index contributed by atoms with van der Waals surface area (Å²) in [4.78, 5) is 25.8. The Hall–Kier alpha value is -4.65. The van der Waals surface area contributed by atoms with E-state index in [4.69, 9.17) is 0 Å². The number of aromatic nitrogens is 5. The quantitative estimate of drug-likeness (QED) is 0.0577.